The van der Waals surface area contributed by atoms with E-state index in [0.29, 0.717) is 23.0 Å². The monoisotopic (exact) mass is 374 g/mol. The molecule has 0 aliphatic heterocycles. The van der Waals surface area contributed by atoms with Gasteiger partial charge >= 0.3 is 0 Å². The number of carbonyl (C=O) groups is 2. The number of halogens is 1. The maximum absolute atomic E-state index is 12.4. The van der Waals surface area contributed by atoms with E-state index in [0.717, 1.165) is 17.7 Å². The van der Waals surface area contributed by atoms with Gasteiger partial charge in [-0.3, -0.25) is 9.59 Å². The number of carbonyl (C=O) groups excluding carboxylic acids is 2. The Hall–Kier alpha value is -2.53. The summed E-state index contributed by atoms with van der Waals surface area (Å²) >= 11 is 5.98. The van der Waals surface area contributed by atoms with Crippen LogP contribution in [-0.2, 0) is 16.0 Å². The molecule has 0 saturated heterocycles. The molecular weight excluding hydrogens is 352 g/mol. The van der Waals surface area contributed by atoms with Crippen LogP contribution in [0.2, 0.25) is 5.02 Å². The fourth-order valence-corrected chi connectivity index (χ4v) is 2.90. The van der Waals surface area contributed by atoms with E-state index in [-0.39, 0.29) is 18.2 Å². The number of methoxy groups -OCH3 is 1. The van der Waals surface area contributed by atoms with E-state index in [9.17, 15) is 9.59 Å². The minimum absolute atomic E-state index is 0.0981. The third kappa shape index (κ3) is 4.99. The summed E-state index contributed by atoms with van der Waals surface area (Å²) in [5.41, 5.74) is 2.42. The Labute approximate surface area is 158 Å². The topological polar surface area (TPSA) is 58.6 Å². The van der Waals surface area contributed by atoms with Gasteiger partial charge in [-0.25, -0.2) is 0 Å². The highest BCUT2D eigenvalue weighted by atomic mass is 35.5. The second-order valence-electron chi connectivity index (χ2n) is 5.80. The molecule has 0 aliphatic rings. The Morgan fingerprint density at radius 2 is 1.92 bits per heavy atom. The number of para-hydroxylation sites is 1. The highest BCUT2D eigenvalue weighted by molar-refractivity contribution is 6.31. The van der Waals surface area contributed by atoms with Crippen LogP contribution in [-0.4, -0.2) is 25.5 Å². The molecule has 138 valence electrons. The quantitative estimate of drug-likeness (QED) is 0.786. The second-order valence-corrected chi connectivity index (χ2v) is 6.23. The molecule has 2 amide bonds. The number of anilines is 2. The van der Waals surface area contributed by atoms with Crippen LogP contribution < -0.4 is 15.0 Å². The number of ether oxygens (including phenoxy) is 1. The Balaban J connectivity index is 2.09. The molecule has 0 unspecified atom stereocenters. The fourth-order valence-electron chi connectivity index (χ4n) is 2.72. The van der Waals surface area contributed by atoms with E-state index in [4.69, 9.17) is 16.3 Å². The first-order chi connectivity index (χ1) is 12.5. The molecule has 2 aromatic rings. The molecular formula is C20H23ClN2O3. The summed E-state index contributed by atoms with van der Waals surface area (Å²) in [6.45, 7) is 3.83. The lowest BCUT2D eigenvalue weighted by Gasteiger charge is -2.23. The van der Waals surface area contributed by atoms with Gasteiger partial charge in [-0.05, 0) is 36.2 Å². The van der Waals surface area contributed by atoms with Gasteiger partial charge in [0.2, 0.25) is 11.8 Å². The summed E-state index contributed by atoms with van der Waals surface area (Å²) in [6, 6.07) is 12.7. The number of nitrogens with zero attached hydrogens (tertiary/aromatic N) is 1. The molecule has 0 radical (unpaired) electrons. The van der Waals surface area contributed by atoms with Gasteiger partial charge in [0.25, 0.3) is 0 Å². The van der Waals surface area contributed by atoms with Crippen molar-refractivity contribution in [1.82, 2.24) is 0 Å². The van der Waals surface area contributed by atoms with Gasteiger partial charge in [0.05, 0.1) is 12.8 Å². The van der Waals surface area contributed by atoms with E-state index in [2.05, 4.69) is 5.32 Å². The number of nitrogens with one attached hydrogen (secondary N) is 1. The standard InChI is InChI=1S/C20H23ClN2O3/c1-4-15-7-5-6-8-18(15)23(14(2)24)12-11-20(25)22-17-13-16(21)9-10-19(17)26-3/h5-10,13H,4,11-12H2,1-3H3,(H,22,25). The van der Waals surface area contributed by atoms with Crippen LogP contribution in [0.4, 0.5) is 11.4 Å². The number of hydrogen-bond donors (Lipinski definition) is 1. The third-order valence-corrected chi connectivity index (χ3v) is 4.28. The largest absolute Gasteiger partial charge is 0.495 e. The van der Waals surface area contributed by atoms with E-state index >= 15 is 0 Å². The summed E-state index contributed by atoms with van der Waals surface area (Å²) in [5, 5.41) is 3.29. The van der Waals surface area contributed by atoms with E-state index in [1.807, 2.05) is 31.2 Å². The lowest BCUT2D eigenvalue weighted by atomic mass is 10.1. The van der Waals surface area contributed by atoms with Gasteiger partial charge in [0, 0.05) is 30.6 Å². The van der Waals surface area contributed by atoms with Crippen molar-refractivity contribution in [2.45, 2.75) is 26.7 Å². The normalized spacial score (nSPS) is 10.3. The summed E-state index contributed by atoms with van der Waals surface area (Å²) < 4.78 is 5.23. The van der Waals surface area contributed by atoms with Crippen LogP contribution in [0.3, 0.4) is 0 Å². The number of benzene rings is 2. The van der Waals surface area contributed by atoms with Crippen molar-refractivity contribution in [3.63, 3.8) is 0 Å². The molecule has 0 fully saturated rings. The molecule has 2 rings (SSSR count). The van der Waals surface area contributed by atoms with Crippen molar-refractivity contribution < 1.29 is 14.3 Å². The first kappa shape index (κ1) is 19.8. The number of hydrogen-bond acceptors (Lipinski definition) is 3. The Bertz CT molecular complexity index is 792. The highest BCUT2D eigenvalue weighted by Gasteiger charge is 2.16. The predicted molar refractivity (Wildman–Crippen MR) is 105 cm³/mol. The zero-order valence-corrected chi connectivity index (χ0v) is 16.0. The van der Waals surface area contributed by atoms with Crippen molar-refractivity contribution in [2.75, 3.05) is 23.9 Å². The maximum atomic E-state index is 12.4. The molecule has 0 spiro atoms. The SMILES string of the molecule is CCc1ccccc1N(CCC(=O)Nc1cc(Cl)ccc1OC)C(C)=O. The number of amides is 2. The molecule has 26 heavy (non-hydrogen) atoms. The molecule has 1 N–H and O–H groups in total. The molecule has 0 aliphatic carbocycles. The Morgan fingerprint density at radius 1 is 1.19 bits per heavy atom. The Morgan fingerprint density at radius 3 is 2.58 bits per heavy atom. The van der Waals surface area contributed by atoms with Crippen LogP contribution in [0.1, 0.15) is 25.8 Å². The smallest absolute Gasteiger partial charge is 0.226 e. The molecule has 0 aromatic heterocycles. The molecule has 0 bridgehead atoms. The van der Waals surface area contributed by atoms with Gasteiger partial charge in [-0.1, -0.05) is 36.7 Å². The third-order valence-electron chi connectivity index (χ3n) is 4.04. The molecule has 6 heteroatoms. The van der Waals surface area contributed by atoms with Gasteiger partial charge in [0.15, 0.2) is 0 Å². The van der Waals surface area contributed by atoms with Crippen LogP contribution in [0, 0.1) is 0 Å². The van der Waals surface area contributed by atoms with Crippen molar-refractivity contribution in [2.24, 2.45) is 0 Å². The lowest BCUT2D eigenvalue weighted by Crippen LogP contribution is -2.32. The van der Waals surface area contributed by atoms with Crippen LogP contribution in [0.15, 0.2) is 42.5 Å². The predicted octanol–water partition coefficient (Wildman–Crippen LogP) is 4.29. The van der Waals surface area contributed by atoms with Crippen LogP contribution in [0.25, 0.3) is 0 Å². The molecule has 0 heterocycles. The molecule has 2 aromatic carbocycles. The first-order valence-electron chi connectivity index (χ1n) is 8.45. The summed E-state index contributed by atoms with van der Waals surface area (Å²) in [7, 11) is 1.53. The molecule has 0 atom stereocenters. The van der Waals surface area contributed by atoms with E-state index < -0.39 is 0 Å². The van der Waals surface area contributed by atoms with Crippen LogP contribution >= 0.6 is 11.6 Å². The number of rotatable bonds is 7. The Kier molecular flexibility index (Phi) is 7.04. The highest BCUT2D eigenvalue weighted by Crippen LogP contribution is 2.28. The molecule has 0 saturated carbocycles. The average Bonchev–Trinajstić information content (AvgIpc) is 2.62. The maximum Gasteiger partial charge on any atom is 0.226 e. The fraction of sp³-hybridized carbons (Fsp3) is 0.300. The summed E-state index contributed by atoms with van der Waals surface area (Å²) in [4.78, 5) is 26.1. The van der Waals surface area contributed by atoms with Crippen molar-refractivity contribution in [1.29, 1.82) is 0 Å². The van der Waals surface area contributed by atoms with Gasteiger partial charge in [-0.2, -0.15) is 0 Å². The number of aryl methyl sites for hydroxylation is 1. The molecule has 5 nitrogen and oxygen atoms in total. The zero-order valence-electron chi connectivity index (χ0n) is 15.2. The van der Waals surface area contributed by atoms with Crippen molar-refractivity contribution >= 4 is 34.8 Å². The van der Waals surface area contributed by atoms with Gasteiger partial charge < -0.3 is 15.0 Å². The minimum Gasteiger partial charge on any atom is -0.495 e. The summed E-state index contributed by atoms with van der Waals surface area (Å²) in [5.74, 6) is 0.215. The average molecular weight is 375 g/mol. The van der Waals surface area contributed by atoms with E-state index in [1.165, 1.54) is 14.0 Å². The first-order valence-corrected chi connectivity index (χ1v) is 8.83. The summed E-state index contributed by atoms with van der Waals surface area (Å²) in [6.07, 6.45) is 0.971. The van der Waals surface area contributed by atoms with Crippen molar-refractivity contribution in [3.05, 3.63) is 53.1 Å². The van der Waals surface area contributed by atoms with Gasteiger partial charge in [0.1, 0.15) is 5.75 Å². The zero-order chi connectivity index (χ0) is 19.1. The lowest BCUT2D eigenvalue weighted by molar-refractivity contribution is -0.117. The van der Waals surface area contributed by atoms with Crippen molar-refractivity contribution in [3.8, 4) is 5.75 Å². The minimum atomic E-state index is -0.217. The van der Waals surface area contributed by atoms with E-state index in [1.54, 1.807) is 23.1 Å². The van der Waals surface area contributed by atoms with Gasteiger partial charge in [-0.15, -0.1) is 0 Å². The van der Waals surface area contributed by atoms with Crippen LogP contribution in [0.5, 0.6) is 5.75 Å². The second kappa shape index (κ2) is 9.25.